The van der Waals surface area contributed by atoms with E-state index < -0.39 is 0 Å². The summed E-state index contributed by atoms with van der Waals surface area (Å²) >= 11 is 13.6. The molecule has 2 aromatic rings. The molecule has 0 radical (unpaired) electrons. The monoisotopic (exact) mass is 402 g/mol. The lowest BCUT2D eigenvalue weighted by molar-refractivity contribution is 0.410. The third kappa shape index (κ3) is 3.53. The summed E-state index contributed by atoms with van der Waals surface area (Å²) < 4.78 is 7.40. The highest BCUT2D eigenvalue weighted by molar-refractivity contribution is 9.10. The van der Waals surface area contributed by atoms with Crippen LogP contribution >= 0.6 is 43.5 Å². The average Bonchev–Trinajstić information content (AvgIpc) is 2.36. The molecule has 0 aliphatic carbocycles. The first-order valence-electron chi connectivity index (χ1n) is 5.76. The van der Waals surface area contributed by atoms with Gasteiger partial charge in [0.1, 0.15) is 5.75 Å². The van der Waals surface area contributed by atoms with Crippen LogP contribution < -0.4 is 4.74 Å². The Morgan fingerprint density at radius 1 is 1.05 bits per heavy atom. The quantitative estimate of drug-likeness (QED) is 0.583. The SMILES string of the molecule is COc1ccc(Br)cc1C(Cl)c1cc(C)cc(Br)c1. The molecule has 2 rings (SSSR count). The van der Waals surface area contributed by atoms with Gasteiger partial charge >= 0.3 is 0 Å². The van der Waals surface area contributed by atoms with E-state index >= 15 is 0 Å². The fraction of sp³-hybridized carbons (Fsp3) is 0.200. The Morgan fingerprint density at radius 3 is 2.42 bits per heavy atom. The van der Waals surface area contributed by atoms with Crippen molar-refractivity contribution in [2.24, 2.45) is 0 Å². The third-order valence-electron chi connectivity index (χ3n) is 2.82. The van der Waals surface area contributed by atoms with Crippen LogP contribution in [-0.2, 0) is 0 Å². The summed E-state index contributed by atoms with van der Waals surface area (Å²) in [5.41, 5.74) is 3.17. The number of methoxy groups -OCH3 is 1. The van der Waals surface area contributed by atoms with Crippen LogP contribution in [0.5, 0.6) is 5.75 Å². The highest BCUT2D eigenvalue weighted by atomic mass is 79.9. The van der Waals surface area contributed by atoms with E-state index in [1.54, 1.807) is 7.11 Å². The molecule has 0 aromatic heterocycles. The largest absolute Gasteiger partial charge is 0.496 e. The zero-order chi connectivity index (χ0) is 14.0. The van der Waals surface area contributed by atoms with Crippen LogP contribution in [0.15, 0.2) is 45.3 Å². The van der Waals surface area contributed by atoms with Crippen molar-refractivity contribution in [3.05, 3.63) is 62.0 Å². The second-order valence-corrected chi connectivity index (χ2v) is 6.58. The Hall–Kier alpha value is -0.510. The fourth-order valence-corrected chi connectivity index (χ4v) is 3.29. The van der Waals surface area contributed by atoms with Crippen LogP contribution in [0.25, 0.3) is 0 Å². The van der Waals surface area contributed by atoms with Gasteiger partial charge in [-0.25, -0.2) is 0 Å². The van der Waals surface area contributed by atoms with Gasteiger partial charge < -0.3 is 4.74 Å². The Morgan fingerprint density at radius 2 is 1.79 bits per heavy atom. The molecule has 2 aromatic carbocycles. The summed E-state index contributed by atoms with van der Waals surface area (Å²) in [6.45, 7) is 2.05. The van der Waals surface area contributed by atoms with E-state index in [1.165, 1.54) is 5.56 Å². The molecule has 19 heavy (non-hydrogen) atoms. The van der Waals surface area contributed by atoms with Crippen LogP contribution in [0.1, 0.15) is 22.1 Å². The normalized spacial score (nSPS) is 12.3. The zero-order valence-electron chi connectivity index (χ0n) is 10.6. The number of alkyl halides is 1. The standard InChI is InChI=1S/C15H13Br2ClO/c1-9-5-10(7-12(17)6-9)15(18)13-8-11(16)3-4-14(13)19-2/h3-8,15H,1-2H3. The van der Waals surface area contributed by atoms with Gasteiger partial charge in [0, 0.05) is 14.5 Å². The number of benzene rings is 2. The molecule has 4 heteroatoms. The van der Waals surface area contributed by atoms with Gasteiger partial charge in [-0.05, 0) is 48.4 Å². The molecule has 0 heterocycles. The molecular weight excluding hydrogens is 391 g/mol. The molecule has 0 aliphatic rings. The molecule has 1 unspecified atom stereocenters. The highest BCUT2D eigenvalue weighted by Gasteiger charge is 2.17. The smallest absolute Gasteiger partial charge is 0.123 e. The maximum Gasteiger partial charge on any atom is 0.123 e. The topological polar surface area (TPSA) is 9.23 Å². The van der Waals surface area contributed by atoms with Gasteiger partial charge in [-0.3, -0.25) is 0 Å². The summed E-state index contributed by atoms with van der Waals surface area (Å²) in [6, 6.07) is 12.0. The van der Waals surface area contributed by atoms with Gasteiger partial charge in [-0.2, -0.15) is 0 Å². The van der Waals surface area contributed by atoms with Crippen LogP contribution in [0.2, 0.25) is 0 Å². The molecule has 0 N–H and O–H groups in total. The van der Waals surface area contributed by atoms with Gasteiger partial charge in [0.05, 0.1) is 12.5 Å². The minimum atomic E-state index is -0.247. The maximum atomic E-state index is 6.61. The third-order valence-corrected chi connectivity index (χ3v) is 4.26. The van der Waals surface area contributed by atoms with Crippen molar-refractivity contribution in [3.8, 4) is 5.75 Å². The van der Waals surface area contributed by atoms with E-state index in [4.69, 9.17) is 16.3 Å². The van der Waals surface area contributed by atoms with Crippen LogP contribution in [0.3, 0.4) is 0 Å². The molecule has 0 fully saturated rings. The molecule has 0 spiro atoms. The highest BCUT2D eigenvalue weighted by Crippen LogP contribution is 2.37. The van der Waals surface area contributed by atoms with E-state index in [0.29, 0.717) is 0 Å². The Balaban J connectivity index is 2.48. The van der Waals surface area contributed by atoms with Gasteiger partial charge in [0.2, 0.25) is 0 Å². The molecular formula is C15H13Br2ClO. The van der Waals surface area contributed by atoms with E-state index in [2.05, 4.69) is 50.9 Å². The van der Waals surface area contributed by atoms with Gasteiger partial charge in [-0.1, -0.05) is 37.9 Å². The molecule has 1 nitrogen and oxygen atoms in total. The van der Waals surface area contributed by atoms with Crippen molar-refractivity contribution in [1.82, 2.24) is 0 Å². The lowest BCUT2D eigenvalue weighted by Crippen LogP contribution is -1.98. The average molecular weight is 405 g/mol. The van der Waals surface area contributed by atoms with Crippen molar-refractivity contribution in [2.45, 2.75) is 12.3 Å². The summed E-state index contributed by atoms with van der Waals surface area (Å²) in [4.78, 5) is 0. The van der Waals surface area contributed by atoms with Crippen molar-refractivity contribution < 1.29 is 4.74 Å². The Bertz CT molecular complexity index is 578. The van der Waals surface area contributed by atoms with Crippen molar-refractivity contribution in [3.63, 3.8) is 0 Å². The number of aryl methyl sites for hydroxylation is 1. The van der Waals surface area contributed by atoms with E-state index in [1.807, 2.05) is 24.3 Å². The first kappa shape index (κ1) is 14.9. The molecule has 100 valence electrons. The van der Waals surface area contributed by atoms with Crippen LogP contribution in [-0.4, -0.2) is 7.11 Å². The molecule has 0 aliphatic heterocycles. The maximum absolute atomic E-state index is 6.61. The summed E-state index contributed by atoms with van der Waals surface area (Å²) in [5.74, 6) is 0.792. The minimum absolute atomic E-state index is 0.247. The lowest BCUT2D eigenvalue weighted by Gasteiger charge is -2.16. The molecule has 1 atom stereocenters. The lowest BCUT2D eigenvalue weighted by atomic mass is 10.0. The summed E-state index contributed by atoms with van der Waals surface area (Å²) in [5, 5.41) is -0.247. The van der Waals surface area contributed by atoms with Crippen LogP contribution in [0, 0.1) is 6.92 Å². The van der Waals surface area contributed by atoms with Crippen molar-refractivity contribution >= 4 is 43.5 Å². The second kappa shape index (κ2) is 6.29. The molecule has 0 saturated carbocycles. The van der Waals surface area contributed by atoms with Crippen molar-refractivity contribution in [1.29, 1.82) is 0 Å². The van der Waals surface area contributed by atoms with Gasteiger partial charge in [0.25, 0.3) is 0 Å². The van der Waals surface area contributed by atoms with Crippen molar-refractivity contribution in [2.75, 3.05) is 7.11 Å². The molecule has 0 bridgehead atoms. The Kier molecular flexibility index (Phi) is 4.93. The number of ether oxygens (including phenoxy) is 1. The molecule has 0 amide bonds. The van der Waals surface area contributed by atoms with E-state index in [9.17, 15) is 0 Å². The second-order valence-electron chi connectivity index (χ2n) is 4.31. The summed E-state index contributed by atoms with van der Waals surface area (Å²) in [7, 11) is 1.66. The van der Waals surface area contributed by atoms with Crippen LogP contribution in [0.4, 0.5) is 0 Å². The number of hydrogen-bond acceptors (Lipinski definition) is 1. The van der Waals surface area contributed by atoms with Gasteiger partial charge in [0.15, 0.2) is 0 Å². The Labute approximate surface area is 135 Å². The first-order valence-corrected chi connectivity index (χ1v) is 7.78. The summed E-state index contributed by atoms with van der Waals surface area (Å²) in [6.07, 6.45) is 0. The minimum Gasteiger partial charge on any atom is -0.496 e. The van der Waals surface area contributed by atoms with Gasteiger partial charge in [-0.15, -0.1) is 11.6 Å². The molecule has 0 saturated heterocycles. The predicted octanol–water partition coefficient (Wildman–Crippen LogP) is 5.86. The first-order chi connectivity index (χ1) is 9.01. The number of hydrogen-bond donors (Lipinski definition) is 0. The predicted molar refractivity (Wildman–Crippen MR) is 87.3 cm³/mol. The zero-order valence-corrected chi connectivity index (χ0v) is 14.5. The van der Waals surface area contributed by atoms with E-state index in [-0.39, 0.29) is 5.38 Å². The number of rotatable bonds is 3. The fourth-order valence-electron chi connectivity index (χ4n) is 1.99. The van der Waals surface area contributed by atoms with E-state index in [0.717, 1.165) is 25.8 Å². The number of halogens is 3.